The molecule has 1 aromatic carbocycles. The second-order valence-corrected chi connectivity index (χ2v) is 5.96. The summed E-state index contributed by atoms with van der Waals surface area (Å²) in [6.45, 7) is 2.24. The van der Waals surface area contributed by atoms with Crippen LogP contribution in [0.4, 0.5) is 21.9 Å². The number of hydrogen-bond donors (Lipinski definition) is 2. The van der Waals surface area contributed by atoms with Crippen molar-refractivity contribution in [3.63, 3.8) is 0 Å². The number of nitrogens with zero attached hydrogens (tertiary/aromatic N) is 2. The number of benzene rings is 1. The van der Waals surface area contributed by atoms with E-state index < -0.39 is 11.0 Å². The van der Waals surface area contributed by atoms with Crippen LogP contribution in [0.25, 0.3) is 0 Å². The molecule has 0 atom stereocenters. The first kappa shape index (κ1) is 17.0. The molecule has 0 spiro atoms. The summed E-state index contributed by atoms with van der Waals surface area (Å²) in [5, 5.41) is 16.6. The largest absolute Gasteiger partial charge is 0.450 e. The zero-order valence-electron chi connectivity index (χ0n) is 12.0. The van der Waals surface area contributed by atoms with Crippen molar-refractivity contribution in [2.24, 2.45) is 0 Å². The third kappa shape index (κ3) is 4.80. The predicted molar refractivity (Wildman–Crippen MR) is 88.2 cm³/mol. The topological polar surface area (TPSA) is 106 Å². The lowest BCUT2D eigenvalue weighted by molar-refractivity contribution is -0.383. The number of carbonyl (C=O) groups is 1. The van der Waals surface area contributed by atoms with Gasteiger partial charge in [-0.05, 0) is 19.1 Å². The maximum Gasteiger partial charge on any atom is 0.411 e. The van der Waals surface area contributed by atoms with E-state index in [1.54, 1.807) is 19.2 Å². The Labute approximate surface area is 140 Å². The first-order chi connectivity index (χ1) is 11.0. The van der Waals surface area contributed by atoms with Crippen LogP contribution in [-0.2, 0) is 11.3 Å². The molecule has 0 aliphatic rings. The Morgan fingerprint density at radius 3 is 2.91 bits per heavy atom. The van der Waals surface area contributed by atoms with E-state index in [9.17, 15) is 14.9 Å². The summed E-state index contributed by atoms with van der Waals surface area (Å²) in [5.41, 5.74) is 0.449. The van der Waals surface area contributed by atoms with Gasteiger partial charge in [-0.3, -0.25) is 15.4 Å². The van der Waals surface area contributed by atoms with Crippen molar-refractivity contribution in [3.8, 4) is 0 Å². The van der Waals surface area contributed by atoms with Crippen molar-refractivity contribution < 1.29 is 14.5 Å². The van der Waals surface area contributed by atoms with Crippen LogP contribution in [0.5, 0.6) is 0 Å². The molecule has 10 heteroatoms. The van der Waals surface area contributed by atoms with Crippen molar-refractivity contribution in [1.29, 1.82) is 0 Å². The van der Waals surface area contributed by atoms with Gasteiger partial charge >= 0.3 is 6.09 Å². The highest BCUT2D eigenvalue weighted by molar-refractivity contribution is 7.15. The Balaban J connectivity index is 2.12. The van der Waals surface area contributed by atoms with Crippen molar-refractivity contribution in [1.82, 2.24) is 4.98 Å². The molecule has 23 heavy (non-hydrogen) atoms. The smallest absolute Gasteiger partial charge is 0.411 e. The number of halogens is 1. The first-order valence-electron chi connectivity index (χ1n) is 6.56. The normalized spacial score (nSPS) is 10.2. The molecule has 0 radical (unpaired) electrons. The zero-order chi connectivity index (χ0) is 16.8. The van der Waals surface area contributed by atoms with Gasteiger partial charge in [0.2, 0.25) is 0 Å². The molecule has 1 heterocycles. The van der Waals surface area contributed by atoms with Gasteiger partial charge in [-0.1, -0.05) is 11.6 Å². The molecule has 0 bridgehead atoms. The number of hydrogen-bond acceptors (Lipinski definition) is 7. The first-order valence-corrected chi connectivity index (χ1v) is 7.75. The van der Waals surface area contributed by atoms with E-state index >= 15 is 0 Å². The summed E-state index contributed by atoms with van der Waals surface area (Å²) in [4.78, 5) is 26.8. The van der Waals surface area contributed by atoms with Crippen LogP contribution < -0.4 is 10.6 Å². The van der Waals surface area contributed by atoms with E-state index in [1.807, 2.05) is 0 Å². The van der Waals surface area contributed by atoms with Gasteiger partial charge in [0.05, 0.1) is 23.8 Å². The summed E-state index contributed by atoms with van der Waals surface area (Å²) in [5.74, 6) is 0. The number of thiazole rings is 1. The molecule has 2 rings (SSSR count). The second-order valence-electron chi connectivity index (χ2n) is 4.27. The fraction of sp³-hybridized carbons (Fsp3) is 0.231. The Kier molecular flexibility index (Phi) is 5.72. The third-order valence-electron chi connectivity index (χ3n) is 2.69. The molecule has 0 aliphatic heterocycles. The Bertz CT molecular complexity index is 722. The Hall–Kier alpha value is -2.39. The van der Waals surface area contributed by atoms with E-state index in [2.05, 4.69) is 15.6 Å². The van der Waals surface area contributed by atoms with Crippen LogP contribution in [0.3, 0.4) is 0 Å². The maximum atomic E-state index is 11.4. The second kappa shape index (κ2) is 7.75. The van der Waals surface area contributed by atoms with Gasteiger partial charge in [-0.25, -0.2) is 9.78 Å². The average molecular weight is 357 g/mol. The lowest BCUT2D eigenvalue weighted by Crippen LogP contribution is -2.13. The molecular weight excluding hydrogens is 344 g/mol. The van der Waals surface area contributed by atoms with Gasteiger partial charge in [0.15, 0.2) is 4.47 Å². The number of ether oxygens (including phenoxy) is 1. The number of nitro benzene ring substituents is 1. The molecule has 0 aliphatic carbocycles. The lowest BCUT2D eigenvalue weighted by Gasteiger charge is -2.09. The SMILES string of the molecule is CCOC(=O)Nc1ccc(NCc2cnc(Cl)s2)c([N+](=O)[O-])c1. The molecule has 1 amide bonds. The highest BCUT2D eigenvalue weighted by atomic mass is 35.5. The molecule has 2 N–H and O–H groups in total. The number of rotatable bonds is 6. The van der Waals surface area contributed by atoms with Crippen LogP contribution in [0.1, 0.15) is 11.8 Å². The number of nitro groups is 1. The molecule has 2 aromatic rings. The molecule has 8 nitrogen and oxygen atoms in total. The molecule has 0 unspecified atom stereocenters. The fourth-order valence-electron chi connectivity index (χ4n) is 1.74. The molecule has 122 valence electrons. The van der Waals surface area contributed by atoms with Gasteiger partial charge in [0.1, 0.15) is 5.69 Å². The molecule has 0 saturated carbocycles. The van der Waals surface area contributed by atoms with Gasteiger partial charge in [0, 0.05) is 17.1 Å². The summed E-state index contributed by atoms with van der Waals surface area (Å²) in [6, 6.07) is 4.33. The van der Waals surface area contributed by atoms with E-state index in [-0.39, 0.29) is 18.0 Å². The average Bonchev–Trinajstić information content (AvgIpc) is 2.91. The highest BCUT2D eigenvalue weighted by Gasteiger charge is 2.16. The lowest BCUT2D eigenvalue weighted by atomic mass is 10.2. The van der Waals surface area contributed by atoms with Crippen LogP contribution in [0.15, 0.2) is 24.4 Å². The third-order valence-corrected chi connectivity index (χ3v) is 3.81. The Morgan fingerprint density at radius 2 is 2.30 bits per heavy atom. The van der Waals surface area contributed by atoms with Crippen LogP contribution in [0, 0.1) is 10.1 Å². The number of nitrogens with one attached hydrogen (secondary N) is 2. The van der Waals surface area contributed by atoms with Gasteiger partial charge in [-0.2, -0.15) is 0 Å². The van der Waals surface area contributed by atoms with Gasteiger partial charge < -0.3 is 10.1 Å². The minimum absolute atomic E-state index is 0.157. The van der Waals surface area contributed by atoms with E-state index in [0.29, 0.717) is 16.7 Å². The minimum atomic E-state index is -0.665. The predicted octanol–water partition coefficient (Wildman–Crippen LogP) is 3.89. The van der Waals surface area contributed by atoms with E-state index in [0.717, 1.165) is 4.88 Å². The van der Waals surface area contributed by atoms with Crippen molar-refractivity contribution >= 4 is 46.1 Å². The summed E-state index contributed by atoms with van der Waals surface area (Å²) in [7, 11) is 0. The molecular formula is C13H13ClN4O4S. The van der Waals surface area contributed by atoms with Crippen LogP contribution >= 0.6 is 22.9 Å². The molecule has 0 fully saturated rings. The number of anilines is 2. The van der Waals surface area contributed by atoms with Crippen molar-refractivity contribution in [3.05, 3.63) is 43.9 Å². The van der Waals surface area contributed by atoms with Crippen LogP contribution in [-0.4, -0.2) is 22.6 Å². The quantitative estimate of drug-likeness (QED) is 0.600. The summed E-state index contributed by atoms with van der Waals surface area (Å²) < 4.78 is 5.14. The van der Waals surface area contributed by atoms with Crippen molar-refractivity contribution in [2.45, 2.75) is 13.5 Å². The van der Waals surface area contributed by atoms with Crippen LogP contribution in [0.2, 0.25) is 4.47 Å². The Morgan fingerprint density at radius 1 is 1.52 bits per heavy atom. The zero-order valence-corrected chi connectivity index (χ0v) is 13.6. The van der Waals surface area contributed by atoms with Crippen molar-refractivity contribution in [2.75, 3.05) is 17.2 Å². The number of amides is 1. The summed E-state index contributed by atoms with van der Waals surface area (Å²) >= 11 is 7.02. The maximum absolute atomic E-state index is 11.4. The van der Waals surface area contributed by atoms with Gasteiger partial charge in [0.25, 0.3) is 5.69 Å². The summed E-state index contributed by atoms with van der Waals surface area (Å²) in [6.07, 6.45) is 0.935. The monoisotopic (exact) mass is 356 g/mol. The molecule has 1 aromatic heterocycles. The van der Waals surface area contributed by atoms with E-state index in [1.165, 1.54) is 23.5 Å². The molecule has 0 saturated heterocycles. The fourth-order valence-corrected chi connectivity index (χ4v) is 2.66. The van der Waals surface area contributed by atoms with E-state index in [4.69, 9.17) is 16.3 Å². The number of aromatic nitrogens is 1. The number of carbonyl (C=O) groups excluding carboxylic acids is 1. The standard InChI is InChI=1S/C13H13ClN4O4S/c1-2-22-13(19)17-8-3-4-10(11(5-8)18(20)21)15-6-9-7-16-12(14)23-9/h3-5,7,15H,2,6H2,1H3,(H,17,19). The highest BCUT2D eigenvalue weighted by Crippen LogP contribution is 2.29. The van der Waals surface area contributed by atoms with Gasteiger partial charge in [-0.15, -0.1) is 11.3 Å². The minimum Gasteiger partial charge on any atom is -0.450 e.